The lowest BCUT2D eigenvalue weighted by Crippen LogP contribution is -2.37. The lowest BCUT2D eigenvalue weighted by atomic mass is 10.0. The number of ether oxygens (including phenoxy) is 2. The molecule has 2 unspecified atom stereocenters. The van der Waals surface area contributed by atoms with Crippen LogP contribution in [0.1, 0.15) is 206 Å². The fourth-order valence-electron chi connectivity index (χ4n) is 7.00. The summed E-state index contributed by atoms with van der Waals surface area (Å²) in [6.45, 7) is 5.13. The van der Waals surface area contributed by atoms with Crippen molar-refractivity contribution < 1.29 is 42.1 Å². The summed E-state index contributed by atoms with van der Waals surface area (Å²) in [6, 6.07) is 0. The highest BCUT2D eigenvalue weighted by Gasteiger charge is 2.58. The van der Waals surface area contributed by atoms with E-state index in [9.17, 15) is 19.0 Å². The van der Waals surface area contributed by atoms with Gasteiger partial charge in [-0.2, -0.15) is 0 Å². The van der Waals surface area contributed by atoms with Crippen LogP contribution in [0.3, 0.4) is 0 Å². The van der Waals surface area contributed by atoms with Crippen LogP contribution in [0, 0.1) is 5.92 Å². The largest absolute Gasteiger partial charge is 0.472 e. The summed E-state index contributed by atoms with van der Waals surface area (Å²) in [7, 11) is 1.59. The standard InChI is InChI=1S/C45H86NO8P/c1-6-8-10-12-14-16-18-20-21-23-25-27-29-31-33-35-44(48)54-45(41-53-55(49,50)52-39-37-46(3,4)5)40-42(45)36-38-51-43(47)34-32-30-28-26-24-22-19-17-15-13-11-9-7-2/h20-21,42H,6-19,22-41H2,1-5H3/p+1/b21-20-/t42?,45-/m0/s1. The molecule has 0 spiro atoms. The smallest absolute Gasteiger partial charge is 0.466 e. The Labute approximate surface area is 338 Å². The number of rotatable bonds is 40. The van der Waals surface area contributed by atoms with E-state index in [0.717, 1.165) is 51.4 Å². The Balaban J connectivity index is 2.33. The molecule has 0 heterocycles. The highest BCUT2D eigenvalue weighted by molar-refractivity contribution is 7.47. The summed E-state index contributed by atoms with van der Waals surface area (Å²) in [5.41, 5.74) is -0.998. The monoisotopic (exact) mass is 801 g/mol. The zero-order valence-electron chi connectivity index (χ0n) is 36.5. The number of carbonyl (C=O) groups excluding carboxylic acids is 2. The van der Waals surface area contributed by atoms with Gasteiger partial charge < -0.3 is 18.9 Å². The number of nitrogens with zero attached hydrogens (tertiary/aromatic N) is 1. The number of esters is 2. The number of allylic oxidation sites excluding steroid dienone is 2. The first-order valence-corrected chi connectivity index (χ1v) is 24.4. The number of unbranched alkanes of at least 4 members (excludes halogenated alkanes) is 23. The van der Waals surface area contributed by atoms with Crippen LogP contribution in [0.15, 0.2) is 12.2 Å². The van der Waals surface area contributed by atoms with Crippen LogP contribution in [-0.2, 0) is 32.7 Å². The second-order valence-electron chi connectivity index (χ2n) is 17.4. The maximum Gasteiger partial charge on any atom is 0.472 e. The molecule has 324 valence electrons. The van der Waals surface area contributed by atoms with E-state index in [2.05, 4.69) is 26.0 Å². The van der Waals surface area contributed by atoms with E-state index in [0.29, 0.717) is 36.7 Å². The summed E-state index contributed by atoms with van der Waals surface area (Å²) in [4.78, 5) is 35.7. The van der Waals surface area contributed by atoms with E-state index in [1.165, 1.54) is 116 Å². The normalized spacial score (nSPS) is 18.1. The third-order valence-electron chi connectivity index (χ3n) is 10.8. The van der Waals surface area contributed by atoms with Gasteiger partial charge in [0.2, 0.25) is 0 Å². The predicted octanol–water partition coefficient (Wildman–Crippen LogP) is 12.6. The Bertz CT molecular complexity index is 1030. The Morgan fingerprint density at radius 3 is 1.55 bits per heavy atom. The number of quaternary nitrogens is 1. The number of phosphoric ester groups is 1. The van der Waals surface area contributed by atoms with E-state index in [4.69, 9.17) is 18.5 Å². The first-order chi connectivity index (χ1) is 26.4. The molecular formula is C45H87NO8P+. The van der Waals surface area contributed by atoms with Gasteiger partial charge in [-0.25, -0.2) is 4.57 Å². The Morgan fingerprint density at radius 1 is 0.636 bits per heavy atom. The van der Waals surface area contributed by atoms with Gasteiger partial charge >= 0.3 is 19.8 Å². The molecule has 0 bridgehead atoms. The SMILES string of the molecule is CCCCCCCC/C=C\CCCCCCCC(=O)O[C@]1(COP(=O)(O)OCC[N+](C)(C)C)CC1CCOC(=O)CCCCCCCCCCCCCCC. The molecule has 1 N–H and O–H groups in total. The van der Waals surface area contributed by atoms with Gasteiger partial charge in [0.1, 0.15) is 18.8 Å². The first kappa shape index (κ1) is 51.8. The van der Waals surface area contributed by atoms with Crippen molar-refractivity contribution in [2.45, 2.75) is 212 Å². The fourth-order valence-corrected chi connectivity index (χ4v) is 7.77. The molecule has 0 aliphatic heterocycles. The second kappa shape index (κ2) is 32.7. The first-order valence-electron chi connectivity index (χ1n) is 22.9. The summed E-state index contributed by atoms with van der Waals surface area (Å²) >= 11 is 0. The molecule has 0 aromatic rings. The minimum absolute atomic E-state index is 0.0676. The molecular weight excluding hydrogens is 713 g/mol. The van der Waals surface area contributed by atoms with Crippen LogP contribution in [0.5, 0.6) is 0 Å². The predicted molar refractivity (Wildman–Crippen MR) is 227 cm³/mol. The van der Waals surface area contributed by atoms with Gasteiger partial charge in [0.25, 0.3) is 0 Å². The molecule has 10 heteroatoms. The van der Waals surface area contributed by atoms with E-state index >= 15 is 0 Å². The summed E-state index contributed by atoms with van der Waals surface area (Å²) in [5, 5.41) is 0. The van der Waals surface area contributed by atoms with Gasteiger partial charge in [0.05, 0.1) is 34.4 Å². The van der Waals surface area contributed by atoms with Crippen molar-refractivity contribution in [3.8, 4) is 0 Å². The van der Waals surface area contributed by atoms with E-state index in [-0.39, 0.29) is 37.7 Å². The Hall–Kier alpha value is -1.25. The van der Waals surface area contributed by atoms with Crippen molar-refractivity contribution in [3.63, 3.8) is 0 Å². The number of hydrogen-bond acceptors (Lipinski definition) is 7. The third-order valence-corrected chi connectivity index (χ3v) is 11.8. The molecule has 1 saturated carbocycles. The third kappa shape index (κ3) is 31.4. The van der Waals surface area contributed by atoms with Crippen molar-refractivity contribution >= 4 is 19.8 Å². The van der Waals surface area contributed by atoms with E-state index in [1.54, 1.807) is 0 Å². The van der Waals surface area contributed by atoms with Crippen LogP contribution < -0.4 is 0 Å². The number of phosphoric acid groups is 1. The van der Waals surface area contributed by atoms with Gasteiger partial charge in [0, 0.05) is 18.8 Å². The van der Waals surface area contributed by atoms with Gasteiger partial charge in [-0.3, -0.25) is 18.6 Å². The molecule has 0 aromatic heterocycles. The minimum atomic E-state index is -4.33. The fraction of sp³-hybridized carbons (Fsp3) is 0.911. The van der Waals surface area contributed by atoms with E-state index < -0.39 is 13.4 Å². The highest BCUT2D eigenvalue weighted by Crippen LogP contribution is 2.53. The quantitative estimate of drug-likeness (QED) is 0.0215. The molecule has 3 atom stereocenters. The molecule has 55 heavy (non-hydrogen) atoms. The molecule has 0 saturated heterocycles. The lowest BCUT2D eigenvalue weighted by Gasteiger charge is -2.24. The maximum atomic E-state index is 12.9. The van der Waals surface area contributed by atoms with Crippen LogP contribution in [0.4, 0.5) is 0 Å². The topological polar surface area (TPSA) is 108 Å². The average molecular weight is 801 g/mol. The molecule has 1 aliphatic carbocycles. The van der Waals surface area contributed by atoms with Crippen LogP contribution >= 0.6 is 7.82 Å². The number of carbonyl (C=O) groups is 2. The molecule has 0 radical (unpaired) electrons. The van der Waals surface area contributed by atoms with Crippen LogP contribution in [-0.4, -0.2) is 74.4 Å². The molecule has 1 aliphatic rings. The maximum absolute atomic E-state index is 12.9. The van der Waals surface area contributed by atoms with E-state index in [1.807, 2.05) is 21.1 Å². The zero-order valence-corrected chi connectivity index (χ0v) is 37.4. The minimum Gasteiger partial charge on any atom is -0.466 e. The van der Waals surface area contributed by atoms with Crippen molar-refractivity contribution in [1.82, 2.24) is 0 Å². The lowest BCUT2D eigenvalue weighted by molar-refractivity contribution is -0.870. The van der Waals surface area contributed by atoms with Crippen molar-refractivity contribution in [1.29, 1.82) is 0 Å². The van der Waals surface area contributed by atoms with Gasteiger partial charge in [-0.1, -0.05) is 154 Å². The second-order valence-corrected chi connectivity index (χ2v) is 18.8. The average Bonchev–Trinajstić information content (AvgIpc) is 3.81. The Morgan fingerprint density at radius 2 is 1.07 bits per heavy atom. The summed E-state index contributed by atoms with van der Waals surface area (Å²) in [6.07, 6.45) is 38.2. The van der Waals surface area contributed by atoms with Crippen molar-refractivity contribution in [3.05, 3.63) is 12.2 Å². The Kier molecular flexibility index (Phi) is 30.8. The highest BCUT2D eigenvalue weighted by atomic mass is 31.2. The van der Waals surface area contributed by atoms with Gasteiger partial charge in [0.15, 0.2) is 0 Å². The van der Waals surface area contributed by atoms with Gasteiger partial charge in [-0.05, 0) is 51.4 Å². The number of likely N-dealkylation sites (N-methyl/N-ethyl adjacent to an activating group) is 1. The van der Waals surface area contributed by atoms with Crippen LogP contribution in [0.2, 0.25) is 0 Å². The molecule has 1 rings (SSSR count). The summed E-state index contributed by atoms with van der Waals surface area (Å²) in [5.74, 6) is -0.625. The van der Waals surface area contributed by atoms with Crippen LogP contribution in [0.25, 0.3) is 0 Å². The zero-order chi connectivity index (χ0) is 40.5. The molecule has 0 amide bonds. The van der Waals surface area contributed by atoms with Crippen molar-refractivity contribution in [2.24, 2.45) is 5.92 Å². The van der Waals surface area contributed by atoms with Crippen molar-refractivity contribution in [2.75, 3.05) is 47.5 Å². The van der Waals surface area contributed by atoms with Gasteiger partial charge in [-0.15, -0.1) is 0 Å². The molecule has 9 nitrogen and oxygen atoms in total. The molecule has 0 aromatic carbocycles. The molecule has 1 fully saturated rings. The number of hydrogen-bond donors (Lipinski definition) is 1. The summed E-state index contributed by atoms with van der Waals surface area (Å²) < 4.78 is 35.3.